The second kappa shape index (κ2) is 10.7. The molecule has 1 aromatic carbocycles. The van der Waals surface area contributed by atoms with Crippen LogP contribution in [0.25, 0.3) is 0 Å². The maximum absolute atomic E-state index is 10.9. The number of para-hydroxylation sites is 1. The molecule has 1 aromatic rings. The van der Waals surface area contributed by atoms with E-state index < -0.39 is 26.8 Å². The molecule has 0 amide bonds. The third-order valence-corrected chi connectivity index (χ3v) is 4.38. The highest BCUT2D eigenvalue weighted by atomic mass is 31.2. The van der Waals surface area contributed by atoms with E-state index in [1.807, 2.05) is 45.1 Å². The zero-order valence-electron chi connectivity index (χ0n) is 14.0. The van der Waals surface area contributed by atoms with Gasteiger partial charge in [-0.1, -0.05) is 18.2 Å². The smallest absolute Gasteiger partial charge is 0.319 e. The van der Waals surface area contributed by atoms with Crippen molar-refractivity contribution in [3.05, 3.63) is 30.3 Å². The predicted molar refractivity (Wildman–Crippen MR) is 93.2 cm³/mol. The summed E-state index contributed by atoms with van der Waals surface area (Å²) in [6, 6.07) is 8.78. The van der Waals surface area contributed by atoms with E-state index in [9.17, 15) is 9.90 Å². The molecule has 0 spiro atoms. The normalized spacial score (nSPS) is 17.7. The maximum atomic E-state index is 10.9. The Morgan fingerprint density at radius 1 is 1.30 bits per heavy atom. The van der Waals surface area contributed by atoms with Gasteiger partial charge in [-0.3, -0.25) is 0 Å². The van der Waals surface area contributed by atoms with Crippen molar-refractivity contribution in [2.45, 2.75) is 45.0 Å². The minimum atomic E-state index is -1.56. The largest absolute Gasteiger partial charge is 0.436 e. The van der Waals surface area contributed by atoms with Crippen molar-refractivity contribution in [3.63, 3.8) is 0 Å². The summed E-state index contributed by atoms with van der Waals surface area (Å²) in [5, 5.41) is 12.5. The summed E-state index contributed by atoms with van der Waals surface area (Å²) in [5.74, 6) is 0.640. The molecule has 0 heterocycles. The first kappa shape index (κ1) is 20.1. The molecule has 2 N–H and O–H groups in total. The van der Waals surface area contributed by atoms with E-state index in [4.69, 9.17) is 13.8 Å². The lowest BCUT2D eigenvalue weighted by molar-refractivity contribution is -0.109. The van der Waals surface area contributed by atoms with E-state index in [1.165, 1.54) is 0 Å². The third kappa shape index (κ3) is 7.91. The van der Waals surface area contributed by atoms with Crippen LogP contribution in [-0.4, -0.2) is 50.1 Å². The lowest BCUT2D eigenvalue weighted by Gasteiger charge is -2.28. The Morgan fingerprint density at radius 2 is 1.96 bits per heavy atom. The van der Waals surface area contributed by atoms with Crippen LogP contribution in [0.4, 0.5) is 0 Å². The molecule has 23 heavy (non-hydrogen) atoms. The molecule has 1 rings (SSSR count). The minimum absolute atomic E-state index is 0.0265. The number of nitrogens with one attached hydrogen (secondary N) is 1. The maximum Gasteiger partial charge on any atom is 0.319 e. The van der Waals surface area contributed by atoms with Crippen LogP contribution in [0.2, 0.25) is 0 Å². The topological polar surface area (TPSA) is 77.0 Å². The second-order valence-corrected chi connectivity index (χ2v) is 6.60. The Hall–Kier alpha value is -0.975. The number of aldehydes is 1. The van der Waals surface area contributed by atoms with Crippen molar-refractivity contribution in [1.29, 1.82) is 0 Å². The molecule has 0 saturated carbocycles. The van der Waals surface area contributed by atoms with Gasteiger partial charge >= 0.3 is 8.53 Å². The SMILES string of the molecule is B[C@@H](C)O[C@H](CO)[C@H](C)OP(N[C@H](C)C=O)Oc1ccccc1. The molecule has 6 nitrogen and oxygen atoms in total. The number of aliphatic hydroxyl groups is 1. The molecule has 128 valence electrons. The quantitative estimate of drug-likeness (QED) is 0.358. The molecule has 0 radical (unpaired) electrons. The Morgan fingerprint density at radius 3 is 2.48 bits per heavy atom. The van der Waals surface area contributed by atoms with Gasteiger partial charge in [0.05, 0.1) is 18.8 Å². The summed E-state index contributed by atoms with van der Waals surface area (Å²) in [6.45, 7) is 5.27. The Labute approximate surface area is 139 Å². The lowest BCUT2D eigenvalue weighted by Crippen LogP contribution is -2.36. The van der Waals surface area contributed by atoms with Gasteiger partial charge in [0.25, 0.3) is 0 Å². The van der Waals surface area contributed by atoms with Crippen molar-refractivity contribution in [2.24, 2.45) is 0 Å². The number of aliphatic hydroxyl groups excluding tert-OH is 1. The highest BCUT2D eigenvalue weighted by Gasteiger charge is 2.26. The van der Waals surface area contributed by atoms with Gasteiger partial charge in [-0.25, -0.2) is 5.09 Å². The molecule has 0 bridgehead atoms. The first-order chi connectivity index (χ1) is 11.0. The zero-order chi connectivity index (χ0) is 17.2. The fourth-order valence-electron chi connectivity index (χ4n) is 1.72. The third-order valence-electron chi connectivity index (χ3n) is 2.86. The zero-order valence-corrected chi connectivity index (χ0v) is 14.9. The van der Waals surface area contributed by atoms with Crippen LogP contribution >= 0.6 is 8.53 Å². The summed E-state index contributed by atoms with van der Waals surface area (Å²) in [6.07, 6.45) is -0.0810. The number of benzene rings is 1. The van der Waals surface area contributed by atoms with E-state index in [2.05, 4.69) is 5.09 Å². The van der Waals surface area contributed by atoms with E-state index in [0.29, 0.717) is 5.75 Å². The number of carbonyl (C=O) groups is 1. The molecule has 0 aliphatic heterocycles. The van der Waals surface area contributed by atoms with Gasteiger partial charge in [-0.15, -0.1) is 0 Å². The molecule has 5 atom stereocenters. The lowest BCUT2D eigenvalue weighted by atomic mass is 10.0. The van der Waals surface area contributed by atoms with E-state index in [-0.39, 0.29) is 12.6 Å². The van der Waals surface area contributed by atoms with E-state index in [1.54, 1.807) is 13.8 Å². The van der Waals surface area contributed by atoms with Crippen LogP contribution < -0.4 is 9.61 Å². The summed E-state index contributed by atoms with van der Waals surface area (Å²) in [5.41, 5.74) is 0. The second-order valence-electron chi connectivity index (χ2n) is 5.43. The molecule has 0 fully saturated rings. The van der Waals surface area contributed by atoms with Crippen molar-refractivity contribution in [3.8, 4) is 5.75 Å². The summed E-state index contributed by atoms with van der Waals surface area (Å²) in [4.78, 5) is 10.9. The standard InChI is InChI=1S/C15H25BNO5P/c1-11(9-18)17-23(22-14-7-5-4-6-8-14)21-12(2)15(10-19)20-13(3)16/h4-9,11-13,15,17,19H,10,16H2,1-3H3/t11-,12+,13-,15-,23?/m1/s1. The molecule has 8 heteroatoms. The van der Waals surface area contributed by atoms with Gasteiger partial charge in [-0.05, 0) is 32.9 Å². The molecule has 1 unspecified atom stereocenters. The molecular weight excluding hydrogens is 316 g/mol. The van der Waals surface area contributed by atoms with Crippen LogP contribution in [0.1, 0.15) is 20.8 Å². The average Bonchev–Trinajstić information content (AvgIpc) is 2.52. The van der Waals surface area contributed by atoms with Crippen LogP contribution in [0.15, 0.2) is 30.3 Å². The van der Waals surface area contributed by atoms with E-state index >= 15 is 0 Å². The molecule has 0 saturated heterocycles. The molecule has 0 aliphatic rings. The Kier molecular flexibility index (Phi) is 9.37. The molecule has 0 aliphatic carbocycles. The average molecular weight is 341 g/mol. The molecular formula is C15H25BNO5P. The first-order valence-electron chi connectivity index (χ1n) is 7.64. The Bertz CT molecular complexity index is 451. The van der Waals surface area contributed by atoms with Gasteiger partial charge in [0, 0.05) is 6.00 Å². The fraction of sp³-hybridized carbons (Fsp3) is 0.533. The van der Waals surface area contributed by atoms with Crippen molar-refractivity contribution in [1.82, 2.24) is 5.09 Å². The number of carbonyl (C=O) groups excluding carboxylic acids is 1. The van der Waals surface area contributed by atoms with Crippen LogP contribution in [0, 0.1) is 0 Å². The number of rotatable bonds is 11. The monoisotopic (exact) mass is 341 g/mol. The fourth-order valence-corrected chi connectivity index (χ4v) is 3.02. The highest BCUT2D eigenvalue weighted by Crippen LogP contribution is 2.38. The van der Waals surface area contributed by atoms with Gasteiger partial charge < -0.3 is 23.7 Å². The predicted octanol–water partition coefficient (Wildman–Crippen LogP) is 1.23. The number of hydrogen-bond donors (Lipinski definition) is 2. The van der Waals surface area contributed by atoms with Gasteiger partial charge in [0.15, 0.2) is 0 Å². The Balaban J connectivity index is 2.72. The van der Waals surface area contributed by atoms with Crippen LogP contribution in [0.3, 0.4) is 0 Å². The van der Waals surface area contributed by atoms with Gasteiger partial charge in [0.2, 0.25) is 0 Å². The number of hydrogen-bond acceptors (Lipinski definition) is 6. The van der Waals surface area contributed by atoms with Crippen molar-refractivity contribution >= 4 is 22.7 Å². The summed E-state index contributed by atoms with van der Waals surface area (Å²) in [7, 11) is 0.337. The van der Waals surface area contributed by atoms with Gasteiger partial charge in [-0.2, -0.15) is 0 Å². The minimum Gasteiger partial charge on any atom is -0.436 e. The first-order valence-corrected chi connectivity index (χ1v) is 8.81. The van der Waals surface area contributed by atoms with E-state index in [0.717, 1.165) is 6.29 Å². The molecule has 0 aromatic heterocycles. The number of ether oxygens (including phenoxy) is 1. The van der Waals surface area contributed by atoms with Crippen molar-refractivity contribution in [2.75, 3.05) is 6.61 Å². The van der Waals surface area contributed by atoms with Gasteiger partial charge in [0.1, 0.15) is 26.0 Å². The highest BCUT2D eigenvalue weighted by molar-refractivity contribution is 7.45. The summed E-state index contributed by atoms with van der Waals surface area (Å²) >= 11 is 0. The summed E-state index contributed by atoms with van der Waals surface area (Å²) < 4.78 is 17.3. The van der Waals surface area contributed by atoms with Crippen LogP contribution in [-0.2, 0) is 14.1 Å². The van der Waals surface area contributed by atoms with Crippen LogP contribution in [0.5, 0.6) is 5.75 Å². The van der Waals surface area contributed by atoms with Crippen molar-refractivity contribution < 1.29 is 23.7 Å².